The molecule has 2 atom stereocenters. The van der Waals surface area contributed by atoms with Crippen molar-refractivity contribution in [1.29, 1.82) is 0 Å². The second-order valence-corrected chi connectivity index (χ2v) is 10.3. The number of hydrogen-bond donors (Lipinski definition) is 3. The molecule has 1 fully saturated rings. The first-order chi connectivity index (χ1) is 15.7. The first-order valence-electron chi connectivity index (χ1n) is 11.7. The summed E-state index contributed by atoms with van der Waals surface area (Å²) in [5.41, 5.74) is 7.32. The van der Waals surface area contributed by atoms with Crippen molar-refractivity contribution >= 4 is 23.8 Å². The van der Waals surface area contributed by atoms with Crippen molar-refractivity contribution in [2.24, 2.45) is 5.73 Å². The van der Waals surface area contributed by atoms with Crippen LogP contribution in [-0.4, -0.2) is 52.4 Å². The van der Waals surface area contributed by atoms with E-state index < -0.39 is 42.0 Å². The number of nitrogens with two attached hydrogens (primary N) is 1. The van der Waals surface area contributed by atoms with Crippen LogP contribution in [0.2, 0.25) is 0 Å². The quantitative estimate of drug-likeness (QED) is 0.506. The molecule has 0 aliphatic heterocycles. The highest BCUT2D eigenvalue weighted by molar-refractivity contribution is 5.95. The first kappa shape index (κ1) is 27.1. The highest BCUT2D eigenvalue weighted by Gasteiger charge is 2.44. The van der Waals surface area contributed by atoms with Crippen LogP contribution >= 0.6 is 0 Å². The van der Waals surface area contributed by atoms with Crippen LogP contribution in [0.1, 0.15) is 76.6 Å². The van der Waals surface area contributed by atoms with Gasteiger partial charge in [-0.1, -0.05) is 18.2 Å². The van der Waals surface area contributed by atoms with Crippen LogP contribution in [0.5, 0.6) is 0 Å². The molecule has 34 heavy (non-hydrogen) atoms. The third-order valence-electron chi connectivity index (χ3n) is 5.39. The third-order valence-corrected chi connectivity index (χ3v) is 5.39. The molecule has 0 radical (unpaired) electrons. The van der Waals surface area contributed by atoms with Gasteiger partial charge in [-0.25, -0.2) is 4.79 Å². The van der Waals surface area contributed by atoms with E-state index >= 15 is 0 Å². The SMILES string of the molecule is Cc1ccc(C(C(=O)NC(C)C)N(C(=O)C(CC(N)=O)NC(=O)OC(C)(C)C)C2CC2)cc1C. The van der Waals surface area contributed by atoms with Crippen LogP contribution in [0.15, 0.2) is 18.2 Å². The Kier molecular flexibility index (Phi) is 8.69. The number of nitrogens with one attached hydrogen (secondary N) is 2. The van der Waals surface area contributed by atoms with Crippen LogP contribution < -0.4 is 16.4 Å². The van der Waals surface area contributed by atoms with Crippen LogP contribution in [-0.2, 0) is 19.1 Å². The Labute approximate surface area is 201 Å². The van der Waals surface area contributed by atoms with E-state index in [9.17, 15) is 19.2 Å². The van der Waals surface area contributed by atoms with Gasteiger partial charge in [0.1, 0.15) is 17.7 Å². The van der Waals surface area contributed by atoms with E-state index in [4.69, 9.17) is 10.5 Å². The molecule has 1 aromatic carbocycles. The zero-order valence-corrected chi connectivity index (χ0v) is 21.2. The number of rotatable bonds is 9. The van der Waals surface area contributed by atoms with E-state index in [0.717, 1.165) is 24.0 Å². The number of carbonyl (C=O) groups excluding carboxylic acids is 4. The Morgan fingerprint density at radius 2 is 1.71 bits per heavy atom. The lowest BCUT2D eigenvalue weighted by Gasteiger charge is -2.35. The van der Waals surface area contributed by atoms with Crippen molar-refractivity contribution in [3.63, 3.8) is 0 Å². The minimum absolute atomic E-state index is 0.140. The van der Waals surface area contributed by atoms with Crippen molar-refractivity contribution in [3.05, 3.63) is 34.9 Å². The molecule has 4 amide bonds. The molecule has 188 valence electrons. The Balaban J connectivity index is 2.47. The van der Waals surface area contributed by atoms with E-state index in [1.807, 2.05) is 45.9 Å². The van der Waals surface area contributed by atoms with Gasteiger partial charge in [0.15, 0.2) is 0 Å². The van der Waals surface area contributed by atoms with Crippen molar-refractivity contribution in [2.75, 3.05) is 0 Å². The first-order valence-corrected chi connectivity index (χ1v) is 11.7. The second kappa shape index (κ2) is 10.9. The Morgan fingerprint density at radius 1 is 1.09 bits per heavy atom. The molecular formula is C25H38N4O5. The molecule has 1 saturated carbocycles. The normalized spacial score (nSPS) is 15.3. The van der Waals surface area contributed by atoms with Gasteiger partial charge in [-0.2, -0.15) is 0 Å². The molecular weight excluding hydrogens is 436 g/mol. The highest BCUT2D eigenvalue weighted by atomic mass is 16.6. The number of benzene rings is 1. The fraction of sp³-hybridized carbons (Fsp3) is 0.600. The summed E-state index contributed by atoms with van der Waals surface area (Å²) < 4.78 is 5.28. The average Bonchev–Trinajstić information content (AvgIpc) is 3.49. The van der Waals surface area contributed by atoms with Crippen molar-refractivity contribution < 1.29 is 23.9 Å². The molecule has 9 nitrogen and oxygen atoms in total. The lowest BCUT2D eigenvalue weighted by Crippen LogP contribution is -2.55. The lowest BCUT2D eigenvalue weighted by molar-refractivity contribution is -0.144. The molecule has 0 bridgehead atoms. The molecule has 0 heterocycles. The van der Waals surface area contributed by atoms with Gasteiger partial charge < -0.3 is 26.0 Å². The van der Waals surface area contributed by atoms with E-state index in [1.54, 1.807) is 20.8 Å². The smallest absolute Gasteiger partial charge is 0.408 e. The largest absolute Gasteiger partial charge is 0.444 e. The number of nitrogens with zero attached hydrogens (tertiary/aromatic N) is 1. The van der Waals surface area contributed by atoms with Gasteiger partial charge in [0.2, 0.25) is 17.7 Å². The van der Waals surface area contributed by atoms with E-state index in [-0.39, 0.29) is 18.0 Å². The molecule has 0 aromatic heterocycles. The number of amides is 4. The summed E-state index contributed by atoms with van der Waals surface area (Å²) in [6, 6.07) is 3.14. The summed E-state index contributed by atoms with van der Waals surface area (Å²) in [6.45, 7) is 12.7. The van der Waals surface area contributed by atoms with Gasteiger partial charge in [0.05, 0.1) is 6.42 Å². The third kappa shape index (κ3) is 7.74. The number of carbonyl (C=O) groups is 4. The second-order valence-electron chi connectivity index (χ2n) is 10.3. The fourth-order valence-electron chi connectivity index (χ4n) is 3.64. The van der Waals surface area contributed by atoms with Crippen LogP contribution in [0.25, 0.3) is 0 Å². The zero-order valence-electron chi connectivity index (χ0n) is 21.2. The monoisotopic (exact) mass is 474 g/mol. The number of alkyl carbamates (subject to hydrolysis) is 1. The minimum Gasteiger partial charge on any atom is -0.444 e. The van der Waals surface area contributed by atoms with E-state index in [0.29, 0.717) is 5.56 Å². The number of primary amides is 1. The Hall–Kier alpha value is -3.10. The summed E-state index contributed by atoms with van der Waals surface area (Å²) in [5.74, 6) is -1.62. The van der Waals surface area contributed by atoms with E-state index in [2.05, 4.69) is 10.6 Å². The molecule has 1 aliphatic carbocycles. The Morgan fingerprint density at radius 3 is 2.18 bits per heavy atom. The maximum absolute atomic E-state index is 13.8. The van der Waals surface area contributed by atoms with Crippen LogP contribution in [0, 0.1) is 13.8 Å². The number of aryl methyl sites for hydroxylation is 2. The maximum atomic E-state index is 13.8. The molecule has 1 aromatic rings. The average molecular weight is 475 g/mol. The molecule has 2 rings (SSSR count). The highest BCUT2D eigenvalue weighted by Crippen LogP contribution is 2.36. The predicted octanol–water partition coefficient (Wildman–Crippen LogP) is 2.63. The van der Waals surface area contributed by atoms with Gasteiger partial charge in [-0.05, 0) is 78.0 Å². The van der Waals surface area contributed by atoms with Gasteiger partial charge in [-0.3, -0.25) is 14.4 Å². The topological polar surface area (TPSA) is 131 Å². The van der Waals surface area contributed by atoms with Crippen molar-refractivity contribution in [3.8, 4) is 0 Å². The standard InChI is InChI=1S/C25H38N4O5/c1-14(2)27-22(31)21(17-9-8-15(3)16(4)12-17)29(18-10-11-18)23(32)19(13-20(26)30)28-24(33)34-25(5,6)7/h8-9,12,14,18-19,21H,10-11,13H2,1-7H3,(H2,26,30)(H,27,31)(H,28,33). The van der Waals surface area contributed by atoms with Crippen molar-refractivity contribution in [2.45, 2.75) is 97.5 Å². The predicted molar refractivity (Wildman–Crippen MR) is 129 cm³/mol. The van der Waals surface area contributed by atoms with Crippen LogP contribution in [0.4, 0.5) is 4.79 Å². The van der Waals surface area contributed by atoms with Crippen molar-refractivity contribution in [1.82, 2.24) is 15.5 Å². The molecule has 9 heteroatoms. The minimum atomic E-state index is -1.26. The van der Waals surface area contributed by atoms with E-state index in [1.165, 1.54) is 4.90 Å². The molecule has 2 unspecified atom stereocenters. The summed E-state index contributed by atoms with van der Waals surface area (Å²) in [4.78, 5) is 52.9. The van der Waals surface area contributed by atoms with Gasteiger partial charge >= 0.3 is 6.09 Å². The molecule has 4 N–H and O–H groups in total. The van der Waals surface area contributed by atoms with Gasteiger partial charge in [0, 0.05) is 12.1 Å². The molecule has 1 aliphatic rings. The Bertz CT molecular complexity index is 934. The van der Waals surface area contributed by atoms with Gasteiger partial charge in [-0.15, -0.1) is 0 Å². The number of ether oxygens (including phenoxy) is 1. The zero-order chi connectivity index (χ0) is 25.8. The van der Waals surface area contributed by atoms with Gasteiger partial charge in [0.25, 0.3) is 0 Å². The summed E-state index contributed by atoms with van der Waals surface area (Å²) in [6.07, 6.45) is 0.194. The lowest BCUT2D eigenvalue weighted by atomic mass is 9.97. The van der Waals surface area contributed by atoms with Crippen LogP contribution in [0.3, 0.4) is 0 Å². The maximum Gasteiger partial charge on any atom is 0.408 e. The molecule has 0 saturated heterocycles. The number of hydrogen-bond acceptors (Lipinski definition) is 5. The summed E-state index contributed by atoms with van der Waals surface area (Å²) in [5, 5.41) is 5.40. The fourth-order valence-corrected chi connectivity index (χ4v) is 3.64. The summed E-state index contributed by atoms with van der Waals surface area (Å²) >= 11 is 0. The summed E-state index contributed by atoms with van der Waals surface area (Å²) in [7, 11) is 0. The molecule has 0 spiro atoms.